The van der Waals surface area contributed by atoms with E-state index in [0.29, 0.717) is 6.42 Å². The van der Waals surface area contributed by atoms with Crippen LogP contribution in [0.1, 0.15) is 43.8 Å². The molecular formula is C20H27N3O2S. The normalized spacial score (nSPS) is 15.2. The van der Waals surface area contributed by atoms with Crippen LogP contribution in [0.4, 0.5) is 5.69 Å². The second kappa shape index (κ2) is 9.14. The zero-order chi connectivity index (χ0) is 18.4. The molecule has 0 atom stereocenters. The van der Waals surface area contributed by atoms with E-state index in [4.69, 9.17) is 4.74 Å². The van der Waals surface area contributed by atoms with Gasteiger partial charge in [-0.3, -0.25) is 9.69 Å². The van der Waals surface area contributed by atoms with Crippen molar-refractivity contribution in [1.82, 2.24) is 9.88 Å². The number of aromatic nitrogens is 1. The number of hydrogen-bond donors (Lipinski definition) is 1. The van der Waals surface area contributed by atoms with Gasteiger partial charge in [0.05, 0.1) is 24.8 Å². The fourth-order valence-electron chi connectivity index (χ4n) is 3.07. The molecule has 6 heteroatoms. The lowest BCUT2D eigenvalue weighted by Gasteiger charge is -2.25. The summed E-state index contributed by atoms with van der Waals surface area (Å²) >= 11 is 1.65. The molecular weight excluding hydrogens is 346 g/mol. The number of nitrogens with one attached hydrogen (secondary N) is 1. The Morgan fingerprint density at radius 2 is 1.96 bits per heavy atom. The number of benzene rings is 1. The molecule has 0 spiro atoms. The van der Waals surface area contributed by atoms with Crippen LogP contribution in [-0.2, 0) is 17.8 Å². The Morgan fingerprint density at radius 3 is 2.65 bits per heavy atom. The molecule has 2 aromatic rings. The molecule has 1 aliphatic rings. The van der Waals surface area contributed by atoms with Gasteiger partial charge < -0.3 is 10.1 Å². The first-order valence-electron chi connectivity index (χ1n) is 9.31. The van der Waals surface area contributed by atoms with E-state index < -0.39 is 0 Å². The van der Waals surface area contributed by atoms with Gasteiger partial charge >= 0.3 is 0 Å². The van der Waals surface area contributed by atoms with Gasteiger partial charge in [-0.15, -0.1) is 11.3 Å². The molecule has 1 aromatic carbocycles. The lowest BCUT2D eigenvalue weighted by molar-refractivity contribution is -0.115. The van der Waals surface area contributed by atoms with Gasteiger partial charge in [-0.1, -0.05) is 6.42 Å². The lowest BCUT2D eigenvalue weighted by atomic mass is 10.1. The average molecular weight is 374 g/mol. The summed E-state index contributed by atoms with van der Waals surface area (Å²) in [6, 6.07) is 7.46. The number of rotatable bonds is 7. The SMILES string of the molecule is CC(C)Oc1ccc(NC(=O)Cc2csc(CN3CCCCC3)n2)cc1. The third-order valence-electron chi connectivity index (χ3n) is 4.26. The molecule has 5 nitrogen and oxygen atoms in total. The molecule has 1 saturated heterocycles. The van der Waals surface area contributed by atoms with E-state index in [1.807, 2.05) is 43.5 Å². The van der Waals surface area contributed by atoms with Crippen LogP contribution in [-0.4, -0.2) is 35.0 Å². The molecule has 3 rings (SSSR count). The van der Waals surface area contributed by atoms with Crippen LogP contribution in [0.2, 0.25) is 0 Å². The maximum Gasteiger partial charge on any atom is 0.230 e. The van der Waals surface area contributed by atoms with Crippen molar-refractivity contribution in [2.24, 2.45) is 0 Å². The number of amides is 1. The van der Waals surface area contributed by atoms with Crippen LogP contribution in [0, 0.1) is 0 Å². The van der Waals surface area contributed by atoms with Crippen LogP contribution >= 0.6 is 11.3 Å². The average Bonchev–Trinajstić information content (AvgIpc) is 3.04. The van der Waals surface area contributed by atoms with Crippen molar-refractivity contribution in [2.45, 2.75) is 52.2 Å². The number of likely N-dealkylation sites (tertiary alicyclic amines) is 1. The van der Waals surface area contributed by atoms with Gasteiger partial charge in [0, 0.05) is 11.1 Å². The Hall–Kier alpha value is -1.92. The van der Waals surface area contributed by atoms with Crippen molar-refractivity contribution >= 4 is 22.9 Å². The fraction of sp³-hybridized carbons (Fsp3) is 0.500. The molecule has 1 aliphatic heterocycles. The predicted octanol–water partition coefficient (Wildman–Crippen LogP) is 4.10. The molecule has 0 radical (unpaired) electrons. The van der Waals surface area contributed by atoms with E-state index in [1.54, 1.807) is 11.3 Å². The number of carbonyl (C=O) groups is 1. The topological polar surface area (TPSA) is 54.5 Å². The minimum atomic E-state index is -0.0441. The number of thiazole rings is 1. The molecule has 1 amide bonds. The second-order valence-electron chi connectivity index (χ2n) is 6.99. The number of carbonyl (C=O) groups excluding carboxylic acids is 1. The Bertz CT molecular complexity index is 706. The van der Waals surface area contributed by atoms with Crippen LogP contribution in [0.3, 0.4) is 0 Å². The summed E-state index contributed by atoms with van der Waals surface area (Å²) in [5.41, 5.74) is 1.62. The van der Waals surface area contributed by atoms with E-state index in [-0.39, 0.29) is 12.0 Å². The van der Waals surface area contributed by atoms with Crippen LogP contribution in [0.25, 0.3) is 0 Å². The maximum absolute atomic E-state index is 12.3. The molecule has 1 fully saturated rings. The third-order valence-corrected chi connectivity index (χ3v) is 5.14. The van der Waals surface area contributed by atoms with Gasteiger partial charge in [0.15, 0.2) is 0 Å². The van der Waals surface area contributed by atoms with E-state index in [2.05, 4.69) is 15.2 Å². The Labute approximate surface area is 159 Å². The Balaban J connectivity index is 1.48. The summed E-state index contributed by atoms with van der Waals surface area (Å²) in [4.78, 5) is 19.3. The molecule has 0 bridgehead atoms. The minimum Gasteiger partial charge on any atom is -0.491 e. The highest BCUT2D eigenvalue weighted by Gasteiger charge is 2.14. The summed E-state index contributed by atoms with van der Waals surface area (Å²) in [7, 11) is 0. The minimum absolute atomic E-state index is 0.0441. The maximum atomic E-state index is 12.3. The largest absolute Gasteiger partial charge is 0.491 e. The summed E-state index contributed by atoms with van der Waals surface area (Å²) in [6.45, 7) is 7.20. The molecule has 140 valence electrons. The molecule has 0 aliphatic carbocycles. The number of ether oxygens (including phenoxy) is 1. The predicted molar refractivity (Wildman–Crippen MR) is 106 cm³/mol. The van der Waals surface area contributed by atoms with E-state index in [9.17, 15) is 4.79 Å². The molecule has 2 heterocycles. The molecule has 0 unspecified atom stereocenters. The van der Waals surface area contributed by atoms with E-state index in [0.717, 1.165) is 41.8 Å². The van der Waals surface area contributed by atoms with Gasteiger partial charge in [-0.25, -0.2) is 4.98 Å². The van der Waals surface area contributed by atoms with Gasteiger partial charge in [0.1, 0.15) is 10.8 Å². The lowest BCUT2D eigenvalue weighted by Crippen LogP contribution is -2.29. The van der Waals surface area contributed by atoms with Gasteiger partial charge in [-0.05, 0) is 64.0 Å². The van der Waals surface area contributed by atoms with Gasteiger partial charge in [-0.2, -0.15) is 0 Å². The van der Waals surface area contributed by atoms with Crippen LogP contribution < -0.4 is 10.1 Å². The zero-order valence-corrected chi connectivity index (χ0v) is 16.3. The van der Waals surface area contributed by atoms with Gasteiger partial charge in [0.2, 0.25) is 5.91 Å². The standard InChI is InChI=1S/C20H27N3O2S/c1-15(2)25-18-8-6-16(7-9-18)21-19(24)12-17-14-26-20(22-17)13-23-10-4-3-5-11-23/h6-9,14-15H,3-5,10-13H2,1-2H3,(H,21,24). The summed E-state index contributed by atoms with van der Waals surface area (Å²) in [5, 5.41) is 6.02. The van der Waals surface area contributed by atoms with Crippen molar-refractivity contribution in [3.05, 3.63) is 40.3 Å². The summed E-state index contributed by atoms with van der Waals surface area (Å²) < 4.78 is 5.61. The van der Waals surface area contributed by atoms with Crippen LogP contribution in [0.15, 0.2) is 29.6 Å². The molecule has 1 aromatic heterocycles. The Morgan fingerprint density at radius 1 is 1.23 bits per heavy atom. The fourth-order valence-corrected chi connectivity index (χ4v) is 3.91. The highest BCUT2D eigenvalue weighted by Crippen LogP contribution is 2.19. The number of piperidine rings is 1. The highest BCUT2D eigenvalue weighted by molar-refractivity contribution is 7.09. The van der Waals surface area contributed by atoms with E-state index in [1.165, 1.54) is 19.3 Å². The van der Waals surface area contributed by atoms with E-state index >= 15 is 0 Å². The quantitative estimate of drug-likeness (QED) is 0.794. The van der Waals surface area contributed by atoms with Crippen molar-refractivity contribution in [1.29, 1.82) is 0 Å². The highest BCUT2D eigenvalue weighted by atomic mass is 32.1. The van der Waals surface area contributed by atoms with Crippen molar-refractivity contribution in [3.8, 4) is 5.75 Å². The summed E-state index contributed by atoms with van der Waals surface area (Å²) in [5.74, 6) is 0.761. The third kappa shape index (κ3) is 5.81. The number of anilines is 1. The van der Waals surface area contributed by atoms with Crippen molar-refractivity contribution < 1.29 is 9.53 Å². The van der Waals surface area contributed by atoms with Crippen LogP contribution in [0.5, 0.6) is 5.75 Å². The van der Waals surface area contributed by atoms with Gasteiger partial charge in [0.25, 0.3) is 0 Å². The first-order valence-corrected chi connectivity index (χ1v) is 10.2. The second-order valence-corrected chi connectivity index (χ2v) is 7.93. The Kier molecular flexibility index (Phi) is 6.63. The zero-order valence-electron chi connectivity index (χ0n) is 15.5. The van der Waals surface area contributed by atoms with Crippen molar-refractivity contribution in [2.75, 3.05) is 18.4 Å². The molecule has 1 N–H and O–H groups in total. The first-order chi connectivity index (χ1) is 12.6. The number of hydrogen-bond acceptors (Lipinski definition) is 5. The summed E-state index contributed by atoms with van der Waals surface area (Å²) in [6.07, 6.45) is 4.34. The smallest absolute Gasteiger partial charge is 0.230 e. The number of nitrogens with zero attached hydrogens (tertiary/aromatic N) is 2. The monoisotopic (exact) mass is 373 g/mol. The molecule has 26 heavy (non-hydrogen) atoms. The first kappa shape index (κ1) is 18.9. The van der Waals surface area contributed by atoms with Crippen molar-refractivity contribution in [3.63, 3.8) is 0 Å². The molecule has 0 saturated carbocycles.